The van der Waals surface area contributed by atoms with Crippen molar-refractivity contribution in [3.8, 4) is 10.6 Å². The number of H-pyrrole nitrogens is 1. The number of hydrogen-bond donors (Lipinski definition) is 1. The molecule has 0 atom stereocenters. The first-order valence-electron chi connectivity index (χ1n) is 4.57. The quantitative estimate of drug-likeness (QED) is 0.811. The number of hydrogen-bond acceptors (Lipinski definition) is 4. The van der Waals surface area contributed by atoms with Gasteiger partial charge in [0.2, 0.25) is 5.82 Å². The molecule has 0 aliphatic carbocycles. The van der Waals surface area contributed by atoms with Gasteiger partial charge < -0.3 is 9.72 Å². The van der Waals surface area contributed by atoms with Crippen molar-refractivity contribution in [2.75, 3.05) is 6.61 Å². The normalized spacial score (nSPS) is 10.2. The van der Waals surface area contributed by atoms with Crippen molar-refractivity contribution < 1.29 is 9.53 Å². The standard InChI is InChI=1S/C10H10N2O2S/c1-2-14-10(13)9-11-6-7(12-9)8-4-3-5-15-8/h3-6H,2H2,1H3,(H,11,12). The van der Waals surface area contributed by atoms with Gasteiger partial charge in [0, 0.05) is 0 Å². The predicted octanol–water partition coefficient (Wildman–Crippen LogP) is 2.31. The summed E-state index contributed by atoms with van der Waals surface area (Å²) in [5.74, 6) is -0.166. The van der Waals surface area contributed by atoms with Gasteiger partial charge in [0.15, 0.2) is 0 Å². The highest BCUT2D eigenvalue weighted by Gasteiger charge is 2.11. The Balaban J connectivity index is 2.21. The first kappa shape index (κ1) is 9.92. The van der Waals surface area contributed by atoms with Crippen LogP contribution in [-0.4, -0.2) is 22.5 Å². The number of aromatic amines is 1. The van der Waals surface area contributed by atoms with Crippen molar-refractivity contribution in [3.05, 3.63) is 29.5 Å². The Morgan fingerprint density at radius 1 is 1.67 bits per heavy atom. The predicted molar refractivity (Wildman–Crippen MR) is 57.9 cm³/mol. The van der Waals surface area contributed by atoms with Gasteiger partial charge in [-0.3, -0.25) is 0 Å². The van der Waals surface area contributed by atoms with Crippen LogP contribution < -0.4 is 0 Å². The summed E-state index contributed by atoms with van der Waals surface area (Å²) in [4.78, 5) is 19.3. The summed E-state index contributed by atoms with van der Waals surface area (Å²) in [7, 11) is 0. The third-order valence-corrected chi connectivity index (χ3v) is 2.73. The van der Waals surface area contributed by atoms with Gasteiger partial charge in [0.25, 0.3) is 0 Å². The molecule has 0 aliphatic heterocycles. The molecule has 0 aliphatic rings. The van der Waals surface area contributed by atoms with E-state index in [2.05, 4.69) is 9.97 Å². The number of imidazole rings is 1. The molecule has 0 radical (unpaired) electrons. The molecule has 4 nitrogen and oxygen atoms in total. The average molecular weight is 222 g/mol. The zero-order valence-corrected chi connectivity index (χ0v) is 9.00. The second-order valence-electron chi connectivity index (χ2n) is 2.84. The zero-order valence-electron chi connectivity index (χ0n) is 8.19. The van der Waals surface area contributed by atoms with Crippen molar-refractivity contribution >= 4 is 17.3 Å². The zero-order chi connectivity index (χ0) is 10.7. The number of nitrogens with one attached hydrogen (secondary N) is 1. The molecule has 78 valence electrons. The summed E-state index contributed by atoms with van der Waals surface area (Å²) >= 11 is 1.59. The minimum atomic E-state index is -0.416. The fourth-order valence-corrected chi connectivity index (χ4v) is 1.87. The van der Waals surface area contributed by atoms with E-state index in [9.17, 15) is 4.79 Å². The monoisotopic (exact) mass is 222 g/mol. The molecule has 0 saturated carbocycles. The molecule has 2 aromatic rings. The van der Waals surface area contributed by atoms with E-state index in [1.807, 2.05) is 17.5 Å². The molecule has 1 N–H and O–H groups in total. The maximum Gasteiger partial charge on any atom is 0.374 e. The van der Waals surface area contributed by atoms with Crippen LogP contribution >= 0.6 is 11.3 Å². The van der Waals surface area contributed by atoms with Crippen molar-refractivity contribution in [2.45, 2.75) is 6.92 Å². The molecule has 2 aromatic heterocycles. The van der Waals surface area contributed by atoms with E-state index < -0.39 is 5.97 Å². The van der Waals surface area contributed by atoms with Crippen molar-refractivity contribution in [2.24, 2.45) is 0 Å². The fourth-order valence-electron chi connectivity index (χ4n) is 1.18. The first-order chi connectivity index (χ1) is 7.31. The van der Waals surface area contributed by atoms with Crippen molar-refractivity contribution in [3.63, 3.8) is 0 Å². The Labute approximate surface area is 90.9 Å². The molecule has 0 amide bonds. The Hall–Kier alpha value is -1.62. The van der Waals surface area contributed by atoms with Gasteiger partial charge in [-0.2, -0.15) is 0 Å². The number of carbonyl (C=O) groups is 1. The molecular formula is C10H10N2O2S. The molecule has 0 aromatic carbocycles. The van der Waals surface area contributed by atoms with Crippen LogP contribution in [0.3, 0.4) is 0 Å². The molecular weight excluding hydrogens is 212 g/mol. The van der Waals surface area contributed by atoms with Crippen LogP contribution in [0.1, 0.15) is 17.5 Å². The van der Waals surface area contributed by atoms with Gasteiger partial charge in [-0.25, -0.2) is 9.78 Å². The minimum absolute atomic E-state index is 0.250. The lowest BCUT2D eigenvalue weighted by Crippen LogP contribution is -2.06. The summed E-state index contributed by atoms with van der Waals surface area (Å²) in [6.45, 7) is 2.12. The molecule has 2 rings (SSSR count). The van der Waals surface area contributed by atoms with E-state index in [4.69, 9.17) is 4.74 Å². The topological polar surface area (TPSA) is 55.0 Å². The lowest BCUT2D eigenvalue weighted by Gasteiger charge is -1.96. The summed E-state index contributed by atoms with van der Waals surface area (Å²) < 4.78 is 4.83. The number of esters is 1. The lowest BCUT2D eigenvalue weighted by atomic mass is 10.4. The summed E-state index contributed by atoms with van der Waals surface area (Å²) in [6.07, 6.45) is 1.64. The maximum atomic E-state index is 11.3. The molecule has 0 unspecified atom stereocenters. The largest absolute Gasteiger partial charge is 0.460 e. The summed E-state index contributed by atoms with van der Waals surface area (Å²) in [5.41, 5.74) is 0.841. The Bertz CT molecular complexity index is 448. The van der Waals surface area contributed by atoms with Crippen LogP contribution in [0, 0.1) is 0 Å². The second-order valence-corrected chi connectivity index (χ2v) is 3.79. The average Bonchev–Trinajstić information content (AvgIpc) is 2.89. The number of ether oxygens (including phenoxy) is 1. The van der Waals surface area contributed by atoms with E-state index in [1.54, 1.807) is 24.5 Å². The Morgan fingerprint density at radius 2 is 2.53 bits per heavy atom. The van der Waals surface area contributed by atoms with Crippen LogP contribution in [-0.2, 0) is 4.74 Å². The first-order valence-corrected chi connectivity index (χ1v) is 5.45. The van der Waals surface area contributed by atoms with Gasteiger partial charge in [0.1, 0.15) is 0 Å². The van der Waals surface area contributed by atoms with E-state index in [1.165, 1.54) is 0 Å². The minimum Gasteiger partial charge on any atom is -0.460 e. The van der Waals surface area contributed by atoms with Crippen LogP contribution in [0.25, 0.3) is 10.6 Å². The van der Waals surface area contributed by atoms with E-state index in [0.29, 0.717) is 6.61 Å². The molecule has 0 bridgehead atoms. The molecule has 15 heavy (non-hydrogen) atoms. The van der Waals surface area contributed by atoms with Crippen LogP contribution in [0.5, 0.6) is 0 Å². The highest BCUT2D eigenvalue weighted by molar-refractivity contribution is 7.13. The number of carbonyl (C=O) groups excluding carboxylic acids is 1. The second kappa shape index (κ2) is 4.27. The third kappa shape index (κ3) is 2.07. The lowest BCUT2D eigenvalue weighted by molar-refractivity contribution is 0.0513. The van der Waals surface area contributed by atoms with Gasteiger partial charge >= 0.3 is 5.97 Å². The highest BCUT2D eigenvalue weighted by Crippen LogP contribution is 2.22. The van der Waals surface area contributed by atoms with Gasteiger partial charge in [0.05, 0.1) is 23.4 Å². The van der Waals surface area contributed by atoms with Gasteiger partial charge in [-0.15, -0.1) is 11.3 Å². The number of aromatic nitrogens is 2. The molecule has 5 heteroatoms. The van der Waals surface area contributed by atoms with Crippen LogP contribution in [0.15, 0.2) is 23.7 Å². The van der Waals surface area contributed by atoms with Crippen molar-refractivity contribution in [1.82, 2.24) is 9.97 Å². The SMILES string of the molecule is CCOC(=O)c1ncc(-c2cccs2)[nH]1. The van der Waals surface area contributed by atoms with Crippen molar-refractivity contribution in [1.29, 1.82) is 0 Å². The van der Waals surface area contributed by atoms with Gasteiger partial charge in [-0.1, -0.05) is 6.07 Å². The summed E-state index contributed by atoms with van der Waals surface area (Å²) in [6, 6.07) is 3.91. The fraction of sp³-hybridized carbons (Fsp3) is 0.200. The van der Waals surface area contributed by atoms with Crippen LogP contribution in [0.4, 0.5) is 0 Å². The van der Waals surface area contributed by atoms with E-state index in [0.717, 1.165) is 10.6 Å². The van der Waals surface area contributed by atoms with E-state index in [-0.39, 0.29) is 5.82 Å². The highest BCUT2D eigenvalue weighted by atomic mass is 32.1. The number of nitrogens with zero attached hydrogens (tertiary/aromatic N) is 1. The molecule has 2 heterocycles. The van der Waals surface area contributed by atoms with Crippen LogP contribution in [0.2, 0.25) is 0 Å². The van der Waals surface area contributed by atoms with Gasteiger partial charge in [-0.05, 0) is 18.4 Å². The Kier molecular flexibility index (Phi) is 2.82. The maximum absolute atomic E-state index is 11.3. The summed E-state index contributed by atoms with van der Waals surface area (Å²) in [5, 5.41) is 1.97. The Morgan fingerprint density at radius 3 is 3.20 bits per heavy atom. The number of thiophene rings is 1. The molecule has 0 saturated heterocycles. The molecule has 0 spiro atoms. The molecule has 0 fully saturated rings. The van der Waals surface area contributed by atoms with E-state index >= 15 is 0 Å². The smallest absolute Gasteiger partial charge is 0.374 e. The number of rotatable bonds is 3. The third-order valence-electron chi connectivity index (χ3n) is 1.83.